The first-order valence-electron chi connectivity index (χ1n) is 8.62. The standard InChI is InChI=1S/C19H22ClN3O/c1-22-11-14(10-21-22)8-13-6-7-23(12-13)19(24)17-9-16(17)15-4-2-3-5-18(15)20/h2-5,10-11,13,16-17H,6-9,12H2,1H3/t13-,16-,17+/m0/s1. The monoisotopic (exact) mass is 343 g/mol. The van der Waals surface area contributed by atoms with Crippen molar-refractivity contribution in [2.75, 3.05) is 13.1 Å². The maximum Gasteiger partial charge on any atom is 0.226 e. The van der Waals surface area contributed by atoms with Gasteiger partial charge in [-0.05, 0) is 48.3 Å². The molecular weight excluding hydrogens is 322 g/mol. The number of carbonyl (C=O) groups is 1. The Morgan fingerprint density at radius 2 is 2.21 bits per heavy atom. The molecule has 2 heterocycles. The number of benzene rings is 1. The second kappa shape index (κ2) is 6.25. The molecule has 2 fully saturated rings. The molecule has 24 heavy (non-hydrogen) atoms. The van der Waals surface area contributed by atoms with Crippen LogP contribution in [0.2, 0.25) is 5.02 Å². The van der Waals surface area contributed by atoms with Gasteiger partial charge in [-0.3, -0.25) is 9.48 Å². The van der Waals surface area contributed by atoms with Crippen LogP contribution in [0.5, 0.6) is 0 Å². The summed E-state index contributed by atoms with van der Waals surface area (Å²) in [6.45, 7) is 1.76. The van der Waals surface area contributed by atoms with Crippen molar-refractivity contribution in [2.24, 2.45) is 18.9 Å². The van der Waals surface area contributed by atoms with Crippen molar-refractivity contribution in [1.82, 2.24) is 14.7 Å². The van der Waals surface area contributed by atoms with Gasteiger partial charge in [0.1, 0.15) is 0 Å². The van der Waals surface area contributed by atoms with E-state index in [1.54, 1.807) is 0 Å². The topological polar surface area (TPSA) is 38.1 Å². The molecule has 0 spiro atoms. The lowest BCUT2D eigenvalue weighted by molar-refractivity contribution is -0.131. The van der Waals surface area contributed by atoms with E-state index >= 15 is 0 Å². The Morgan fingerprint density at radius 3 is 2.96 bits per heavy atom. The van der Waals surface area contributed by atoms with Gasteiger partial charge in [-0.25, -0.2) is 0 Å². The fourth-order valence-corrected chi connectivity index (χ4v) is 4.21. The van der Waals surface area contributed by atoms with Crippen LogP contribution in [0, 0.1) is 11.8 Å². The Labute approximate surface area is 147 Å². The van der Waals surface area contributed by atoms with Gasteiger partial charge in [-0.15, -0.1) is 0 Å². The number of likely N-dealkylation sites (tertiary alicyclic amines) is 1. The van der Waals surface area contributed by atoms with E-state index in [-0.39, 0.29) is 5.92 Å². The summed E-state index contributed by atoms with van der Waals surface area (Å²) in [7, 11) is 1.94. The number of halogens is 1. The molecule has 4 nitrogen and oxygen atoms in total. The number of aryl methyl sites for hydroxylation is 1. The molecule has 0 radical (unpaired) electrons. The van der Waals surface area contributed by atoms with E-state index in [0.29, 0.717) is 17.7 Å². The lowest BCUT2D eigenvalue weighted by Gasteiger charge is -2.16. The fourth-order valence-electron chi connectivity index (χ4n) is 3.93. The average molecular weight is 344 g/mol. The van der Waals surface area contributed by atoms with E-state index in [9.17, 15) is 4.79 Å². The van der Waals surface area contributed by atoms with Gasteiger partial charge in [-0.2, -0.15) is 5.10 Å². The highest BCUT2D eigenvalue weighted by Crippen LogP contribution is 2.50. The molecule has 1 amide bonds. The van der Waals surface area contributed by atoms with Gasteiger partial charge in [0.05, 0.1) is 6.20 Å². The van der Waals surface area contributed by atoms with Crippen LogP contribution in [-0.2, 0) is 18.3 Å². The second-order valence-corrected chi connectivity index (χ2v) is 7.54. The van der Waals surface area contributed by atoms with Crippen molar-refractivity contribution in [1.29, 1.82) is 0 Å². The van der Waals surface area contributed by atoms with Crippen LogP contribution < -0.4 is 0 Å². The first-order valence-corrected chi connectivity index (χ1v) is 9.00. The van der Waals surface area contributed by atoms with Crippen molar-refractivity contribution in [2.45, 2.75) is 25.2 Å². The van der Waals surface area contributed by atoms with E-state index in [1.165, 1.54) is 5.56 Å². The van der Waals surface area contributed by atoms with Gasteiger partial charge in [0, 0.05) is 37.3 Å². The van der Waals surface area contributed by atoms with E-state index in [4.69, 9.17) is 11.6 Å². The zero-order valence-corrected chi connectivity index (χ0v) is 14.6. The number of nitrogens with zero attached hydrogens (tertiary/aromatic N) is 3. The third kappa shape index (κ3) is 3.07. The van der Waals surface area contributed by atoms with Crippen molar-refractivity contribution in [3.63, 3.8) is 0 Å². The molecule has 0 N–H and O–H groups in total. The maximum atomic E-state index is 12.8. The Bertz CT molecular complexity index is 757. The van der Waals surface area contributed by atoms with E-state index in [1.807, 2.05) is 36.1 Å². The molecule has 2 aliphatic rings. The fraction of sp³-hybridized carbons (Fsp3) is 0.474. The number of rotatable bonds is 4. The number of aromatic nitrogens is 2. The lowest BCUT2D eigenvalue weighted by atomic mass is 10.0. The largest absolute Gasteiger partial charge is 0.342 e. The van der Waals surface area contributed by atoms with Crippen molar-refractivity contribution in [3.05, 3.63) is 52.8 Å². The summed E-state index contributed by atoms with van der Waals surface area (Å²) < 4.78 is 1.84. The molecule has 1 aliphatic carbocycles. The summed E-state index contributed by atoms with van der Waals surface area (Å²) in [6.07, 6.45) is 7.03. The summed E-state index contributed by atoms with van der Waals surface area (Å²) in [5.74, 6) is 1.30. The molecule has 1 aliphatic heterocycles. The molecule has 1 aromatic heterocycles. The Hall–Kier alpha value is -1.81. The maximum absolute atomic E-state index is 12.8. The summed E-state index contributed by atoms with van der Waals surface area (Å²) in [5, 5.41) is 5.01. The Balaban J connectivity index is 1.34. The molecule has 0 unspecified atom stereocenters. The van der Waals surface area contributed by atoms with E-state index in [0.717, 1.165) is 42.9 Å². The minimum atomic E-state index is 0.127. The molecule has 0 bridgehead atoms. The van der Waals surface area contributed by atoms with Gasteiger partial charge in [0.2, 0.25) is 5.91 Å². The molecule has 5 heteroatoms. The van der Waals surface area contributed by atoms with Crippen LogP contribution in [-0.4, -0.2) is 33.7 Å². The third-order valence-electron chi connectivity index (χ3n) is 5.29. The van der Waals surface area contributed by atoms with Crippen LogP contribution in [0.1, 0.15) is 29.9 Å². The van der Waals surface area contributed by atoms with Crippen LogP contribution in [0.4, 0.5) is 0 Å². The minimum Gasteiger partial charge on any atom is -0.342 e. The zero-order chi connectivity index (χ0) is 16.7. The molecule has 2 aromatic rings. The van der Waals surface area contributed by atoms with Gasteiger partial charge in [0.15, 0.2) is 0 Å². The second-order valence-electron chi connectivity index (χ2n) is 7.14. The molecule has 126 valence electrons. The first kappa shape index (κ1) is 15.7. The SMILES string of the molecule is Cn1cc(C[C@@H]2CCN(C(=O)[C@@H]3C[C@H]3c3ccccc3Cl)C2)cn1. The van der Waals surface area contributed by atoms with Gasteiger partial charge in [-0.1, -0.05) is 29.8 Å². The van der Waals surface area contributed by atoms with Crippen molar-refractivity contribution >= 4 is 17.5 Å². The summed E-state index contributed by atoms with van der Waals surface area (Å²) in [5.41, 5.74) is 2.39. The van der Waals surface area contributed by atoms with Crippen molar-refractivity contribution in [3.8, 4) is 0 Å². The number of hydrogen-bond donors (Lipinski definition) is 0. The molecule has 1 saturated heterocycles. The van der Waals surface area contributed by atoms with E-state index < -0.39 is 0 Å². The molecule has 1 aromatic carbocycles. The van der Waals surface area contributed by atoms with Gasteiger partial charge in [0.25, 0.3) is 0 Å². The highest BCUT2D eigenvalue weighted by atomic mass is 35.5. The highest BCUT2D eigenvalue weighted by molar-refractivity contribution is 6.31. The van der Waals surface area contributed by atoms with Crippen molar-refractivity contribution < 1.29 is 4.79 Å². The van der Waals surface area contributed by atoms with Crippen LogP contribution in [0.3, 0.4) is 0 Å². The minimum absolute atomic E-state index is 0.127. The average Bonchev–Trinajstić information content (AvgIpc) is 3.04. The number of hydrogen-bond acceptors (Lipinski definition) is 2. The zero-order valence-electron chi connectivity index (χ0n) is 13.9. The normalized spacial score (nSPS) is 25.9. The lowest BCUT2D eigenvalue weighted by Crippen LogP contribution is -2.30. The Kier molecular flexibility index (Phi) is 4.09. The van der Waals surface area contributed by atoms with Gasteiger partial charge >= 0.3 is 0 Å². The smallest absolute Gasteiger partial charge is 0.226 e. The predicted octanol–water partition coefficient (Wildman–Crippen LogP) is 3.27. The number of carbonyl (C=O) groups excluding carboxylic acids is 1. The molecule has 4 rings (SSSR count). The predicted molar refractivity (Wildman–Crippen MR) is 93.9 cm³/mol. The Morgan fingerprint density at radius 1 is 1.38 bits per heavy atom. The first-order chi connectivity index (χ1) is 11.6. The summed E-state index contributed by atoms with van der Waals surface area (Å²) >= 11 is 6.27. The van der Waals surface area contributed by atoms with Crippen LogP contribution in [0.15, 0.2) is 36.7 Å². The number of amides is 1. The quantitative estimate of drug-likeness (QED) is 0.854. The molecule has 1 saturated carbocycles. The summed E-state index contributed by atoms with van der Waals surface area (Å²) in [6, 6.07) is 7.90. The molecular formula is C19H22ClN3O. The van der Waals surface area contributed by atoms with Gasteiger partial charge < -0.3 is 4.90 Å². The highest BCUT2D eigenvalue weighted by Gasteiger charge is 2.47. The third-order valence-corrected chi connectivity index (χ3v) is 5.64. The summed E-state index contributed by atoms with van der Waals surface area (Å²) in [4.78, 5) is 14.8. The van der Waals surface area contributed by atoms with Crippen LogP contribution in [0.25, 0.3) is 0 Å². The van der Waals surface area contributed by atoms with E-state index in [2.05, 4.69) is 22.3 Å². The van der Waals surface area contributed by atoms with Crippen LogP contribution >= 0.6 is 11.6 Å². The molecule has 3 atom stereocenters.